The van der Waals surface area contributed by atoms with Crippen molar-refractivity contribution in [3.05, 3.63) is 270 Å². The Labute approximate surface area is 474 Å². The van der Waals surface area contributed by atoms with Crippen molar-refractivity contribution in [2.75, 3.05) is 17.1 Å². The molecule has 70 heavy (non-hydrogen) atoms. The van der Waals surface area contributed by atoms with Crippen LogP contribution in [0.15, 0.2) is 243 Å². The van der Waals surface area contributed by atoms with Crippen LogP contribution in [-0.2, 0) is 49.8 Å². The van der Waals surface area contributed by atoms with E-state index in [2.05, 4.69) is 270 Å². The quantitative estimate of drug-likeness (QED) is 0.0372. The van der Waals surface area contributed by atoms with Crippen molar-refractivity contribution < 1.29 is 74.7 Å². The monoisotopic (exact) mass is 1350 g/mol. The predicted molar refractivity (Wildman–Crippen MR) is 297 cm³/mol. The van der Waals surface area contributed by atoms with Crippen LogP contribution in [0.2, 0.25) is 0 Å². The van der Waals surface area contributed by atoms with Gasteiger partial charge in [-0.3, -0.25) is 0 Å². The maximum absolute atomic E-state index is 7.50. The van der Waals surface area contributed by atoms with E-state index >= 15 is 0 Å². The van der Waals surface area contributed by atoms with E-state index in [1.54, 1.807) is 0 Å². The third-order valence-electron chi connectivity index (χ3n) is 9.46. The Balaban J connectivity index is -0.00000101. The van der Waals surface area contributed by atoms with Crippen molar-refractivity contribution in [2.24, 2.45) is 0 Å². The summed E-state index contributed by atoms with van der Waals surface area (Å²) in [7, 11) is -1.63. The van der Waals surface area contributed by atoms with Crippen LogP contribution in [-0.4, -0.2) is 17.1 Å². The molecule has 0 saturated carbocycles. The fourth-order valence-corrected chi connectivity index (χ4v) is 19.3. The molecule has 12 heteroatoms. The van der Waals surface area contributed by atoms with Crippen LogP contribution < -0.4 is 67.3 Å². The van der Waals surface area contributed by atoms with Gasteiger partial charge in [0.2, 0.25) is 0 Å². The molecule has 0 N–H and O–H groups in total. The maximum Gasteiger partial charge on any atom is 2.00 e. The molecule has 0 aliphatic heterocycles. The maximum atomic E-state index is 7.50. The second-order valence-corrected chi connectivity index (χ2v) is 24.3. The van der Waals surface area contributed by atoms with E-state index in [0.29, 0.717) is 0 Å². The van der Waals surface area contributed by atoms with Crippen LogP contribution in [0.25, 0.3) is 0 Å². The zero-order chi connectivity index (χ0) is 46.7. The van der Waals surface area contributed by atoms with Crippen molar-refractivity contribution in [2.45, 2.75) is 19.8 Å². The first-order chi connectivity index (χ1) is 32.2. The Hall–Kier alpha value is -2.57. The molecule has 368 valence electrons. The van der Waals surface area contributed by atoms with Crippen LogP contribution >= 0.6 is 54.9 Å². The van der Waals surface area contributed by atoms with Gasteiger partial charge in [0.15, 0.2) is 0 Å². The fourth-order valence-electron chi connectivity index (χ4n) is 6.40. The van der Waals surface area contributed by atoms with Gasteiger partial charge in [-0.15, -0.1) is 23.2 Å². The van der Waals surface area contributed by atoms with Crippen LogP contribution in [0.5, 0.6) is 0 Å². The molecule has 0 amide bonds. The molecule has 0 aromatic heterocycles. The molecule has 8 aromatic carbocycles. The van der Waals surface area contributed by atoms with Gasteiger partial charge < -0.3 is 39.2 Å². The van der Waals surface area contributed by atoms with Crippen LogP contribution in [0, 0.1) is 27.7 Å². The molecule has 8 rings (SSSR count). The third-order valence-corrected chi connectivity index (χ3v) is 21.4. The first kappa shape index (κ1) is 71.7. The molecule has 0 heterocycles. The summed E-state index contributed by atoms with van der Waals surface area (Å²) < 4.78 is 15.0. The summed E-state index contributed by atoms with van der Waals surface area (Å²) in [6.45, 7) is 14.7. The number of hydrogen-bond donors (Lipinski definition) is 0. The summed E-state index contributed by atoms with van der Waals surface area (Å²) in [5.41, 5.74) is 0. The van der Waals surface area contributed by atoms with E-state index in [1.165, 1.54) is 60.7 Å². The molecule has 0 atom stereocenters. The minimum atomic E-state index is -0.409. The molecule has 0 bridgehead atoms. The van der Waals surface area contributed by atoms with E-state index < -0.39 is 31.7 Å². The summed E-state index contributed by atoms with van der Waals surface area (Å²) in [4.78, 5) is 0. The van der Waals surface area contributed by atoms with Crippen LogP contribution in [0.3, 0.4) is 0 Å². The third kappa shape index (κ3) is 25.9. The molecule has 8 aromatic rings. The summed E-state index contributed by atoms with van der Waals surface area (Å²) in [5, 5.41) is 11.8. The molecule has 0 aliphatic rings. The number of halogens is 4. The summed E-state index contributed by atoms with van der Waals surface area (Å²) >= 11 is 9.53. The van der Waals surface area contributed by atoms with Crippen molar-refractivity contribution in [1.29, 1.82) is 0 Å². The van der Waals surface area contributed by atoms with E-state index in [4.69, 9.17) is 32.5 Å². The number of rotatable bonds is 13. The molecule has 0 radical (unpaired) electrons. The van der Waals surface area contributed by atoms with Gasteiger partial charge >= 0.3 is 63.1 Å². The minimum Gasteiger partial charge on any atom is -1.00 e. The second kappa shape index (κ2) is 46.2. The summed E-state index contributed by atoms with van der Waals surface area (Å²) in [6.07, 6.45) is 2.28. The molecular weight excluding hydrogens is 1290 g/mol. The van der Waals surface area contributed by atoms with Gasteiger partial charge in [0.05, 0.1) is 5.34 Å². The predicted octanol–water partition coefficient (Wildman–Crippen LogP) is 7.84. The van der Waals surface area contributed by atoms with E-state index in [0.717, 1.165) is 6.42 Å². The minimum absolute atomic E-state index is 0. The van der Waals surface area contributed by atoms with Crippen LogP contribution in [0.4, 0.5) is 0 Å². The van der Waals surface area contributed by atoms with Gasteiger partial charge in [0.25, 0.3) is 0 Å². The molecule has 0 unspecified atom stereocenters. The molecule has 2 nitrogen and oxygen atoms in total. The van der Waals surface area contributed by atoms with Crippen molar-refractivity contribution >= 4 is 97.3 Å². The molecular formula is C58H58Cl4O2P4PtRu. The Bertz CT molecular complexity index is 1910. The second-order valence-electron chi connectivity index (χ2n) is 13.6. The fraction of sp³-hybridized carbons (Fsp3) is 0.103. The average molecular weight is 1350 g/mol. The zero-order valence-electron chi connectivity index (χ0n) is 39.1. The van der Waals surface area contributed by atoms with Gasteiger partial charge in [-0.1, -0.05) is 256 Å². The van der Waals surface area contributed by atoms with Crippen molar-refractivity contribution in [3.63, 3.8) is 0 Å². The Kier molecular flexibility index (Phi) is 47.3. The zero-order valence-corrected chi connectivity index (χ0v) is 49.7. The number of unbranched alkanes of at least 4 members (excludes halogenated alkanes) is 1. The SMILES string of the molecule is ClCCl.[C-]#[O+].[C-]#[O+].[CH2-]CCC.[CH3-].[Cl-].[Cl-].[Pt+2].[Ru+2].c1ccc(P(CP(c2ccccc2)c2ccccc2)c2ccccc2)cc1.c1ccc(P(CP(c2ccccc2)c2ccccc2)c2ccccc2)cc1. The van der Waals surface area contributed by atoms with E-state index in [-0.39, 0.29) is 78.1 Å². The average Bonchev–Trinajstić information content (AvgIpc) is 3.41. The van der Waals surface area contributed by atoms with E-state index in [1.807, 2.05) is 0 Å². The van der Waals surface area contributed by atoms with Gasteiger partial charge in [-0.2, -0.15) is 6.42 Å². The number of benzene rings is 8. The Morgan fingerprint density at radius 3 is 0.543 bits per heavy atom. The molecule has 0 fully saturated rings. The molecule has 0 spiro atoms. The smallest absolute Gasteiger partial charge is 1.00 e. The normalized spacial score (nSPS) is 9.26. The van der Waals surface area contributed by atoms with Gasteiger partial charge in [-0.05, 0) is 74.1 Å². The van der Waals surface area contributed by atoms with E-state index in [9.17, 15) is 0 Å². The topological polar surface area (TPSA) is 39.8 Å². The largest absolute Gasteiger partial charge is 2.00 e. The summed E-state index contributed by atoms with van der Waals surface area (Å²) in [6, 6.07) is 88.3. The standard InChI is InChI=1S/2C25H22P2.C4H9.CH2Cl2.2CO.CH3.2ClH.Pt.Ru/c2*1-5-13-22(14-6-1)26(23-15-7-2-8-16-23)21-27(24-17-9-3-10-18-24)25-19-11-4-12-20-25;1-3-4-2;2-1-3;2*1-2;;;;;/h2*1-20H,21H2;1,3-4H2,2H3;1H2;;;1H3;2*1H;;/q;;-1;;;;-1;;;2*+2/p-2. The number of hydrogen-bond acceptors (Lipinski definition) is 0. The molecule has 0 aliphatic carbocycles. The number of alkyl halides is 2. The van der Waals surface area contributed by atoms with Crippen molar-refractivity contribution in [1.82, 2.24) is 0 Å². The van der Waals surface area contributed by atoms with Crippen LogP contribution in [0.1, 0.15) is 19.8 Å². The first-order valence-corrected chi connectivity index (χ1v) is 28.2. The first-order valence-electron chi connectivity index (χ1n) is 21.0. The van der Waals surface area contributed by atoms with Gasteiger partial charge in [-0.25, -0.2) is 0 Å². The van der Waals surface area contributed by atoms with Gasteiger partial charge in [0.1, 0.15) is 0 Å². The van der Waals surface area contributed by atoms with Crippen molar-refractivity contribution in [3.8, 4) is 0 Å². The Morgan fingerprint density at radius 2 is 0.457 bits per heavy atom. The summed E-state index contributed by atoms with van der Waals surface area (Å²) in [5.74, 6) is 2.35. The Morgan fingerprint density at radius 1 is 0.357 bits per heavy atom. The van der Waals surface area contributed by atoms with Gasteiger partial charge in [0, 0.05) is 11.8 Å². The molecule has 0 saturated heterocycles.